The SMILES string of the molecule is O=C(N[C@@H]1CCCCC1NC(=O)C1CCCN(C(=O)COc2ccccc2)C1)c1ccc(F)cc1. The highest BCUT2D eigenvalue weighted by Crippen LogP contribution is 2.22. The van der Waals surface area contributed by atoms with Crippen molar-refractivity contribution in [3.8, 4) is 5.75 Å². The minimum Gasteiger partial charge on any atom is -0.484 e. The second kappa shape index (κ2) is 11.8. The summed E-state index contributed by atoms with van der Waals surface area (Å²) in [5, 5.41) is 6.15. The number of halogens is 1. The summed E-state index contributed by atoms with van der Waals surface area (Å²) in [6, 6.07) is 14.2. The normalized spacial score (nSPS) is 22.2. The van der Waals surface area contributed by atoms with Crippen LogP contribution in [-0.4, -0.2) is 54.4 Å². The molecule has 1 aliphatic heterocycles. The number of carbonyl (C=O) groups excluding carboxylic acids is 3. The molecule has 2 unspecified atom stereocenters. The molecule has 2 fully saturated rings. The van der Waals surface area contributed by atoms with Crippen molar-refractivity contribution in [3.05, 3.63) is 66.0 Å². The highest BCUT2D eigenvalue weighted by Gasteiger charge is 2.33. The van der Waals surface area contributed by atoms with E-state index in [2.05, 4.69) is 10.6 Å². The van der Waals surface area contributed by atoms with Gasteiger partial charge in [-0.25, -0.2) is 4.39 Å². The molecular weight excluding hydrogens is 449 g/mol. The molecule has 35 heavy (non-hydrogen) atoms. The van der Waals surface area contributed by atoms with Gasteiger partial charge in [-0.3, -0.25) is 14.4 Å². The Balaban J connectivity index is 1.30. The Labute approximate surface area is 205 Å². The number of likely N-dealkylation sites (tertiary alicyclic amines) is 1. The van der Waals surface area contributed by atoms with E-state index in [1.807, 2.05) is 18.2 Å². The summed E-state index contributed by atoms with van der Waals surface area (Å²) in [5.74, 6) is -0.536. The van der Waals surface area contributed by atoms with E-state index in [1.54, 1.807) is 17.0 Å². The maximum absolute atomic E-state index is 13.2. The summed E-state index contributed by atoms with van der Waals surface area (Å²) < 4.78 is 18.8. The molecule has 2 aromatic rings. The Kier molecular flexibility index (Phi) is 8.34. The quantitative estimate of drug-likeness (QED) is 0.635. The summed E-state index contributed by atoms with van der Waals surface area (Å²) in [5.41, 5.74) is 0.390. The molecule has 0 bridgehead atoms. The van der Waals surface area contributed by atoms with Crippen molar-refractivity contribution in [1.82, 2.24) is 15.5 Å². The molecule has 2 N–H and O–H groups in total. The van der Waals surface area contributed by atoms with Gasteiger partial charge in [0.15, 0.2) is 6.61 Å². The lowest BCUT2D eigenvalue weighted by atomic mass is 9.88. The molecule has 2 aromatic carbocycles. The summed E-state index contributed by atoms with van der Waals surface area (Å²) >= 11 is 0. The predicted molar refractivity (Wildman–Crippen MR) is 129 cm³/mol. The largest absolute Gasteiger partial charge is 0.484 e. The summed E-state index contributed by atoms with van der Waals surface area (Å²) in [7, 11) is 0. The van der Waals surface area contributed by atoms with Crippen molar-refractivity contribution in [2.24, 2.45) is 5.92 Å². The van der Waals surface area contributed by atoms with Crippen molar-refractivity contribution < 1.29 is 23.5 Å². The van der Waals surface area contributed by atoms with E-state index < -0.39 is 5.82 Å². The molecule has 2 aliphatic rings. The van der Waals surface area contributed by atoms with Crippen LogP contribution in [-0.2, 0) is 9.59 Å². The van der Waals surface area contributed by atoms with Gasteiger partial charge in [-0.2, -0.15) is 0 Å². The zero-order chi connectivity index (χ0) is 24.6. The summed E-state index contributed by atoms with van der Waals surface area (Å²) in [6.45, 7) is 0.918. The van der Waals surface area contributed by atoms with E-state index in [0.29, 0.717) is 30.8 Å². The number of hydrogen-bond donors (Lipinski definition) is 2. The Morgan fingerprint density at radius 3 is 2.29 bits per heavy atom. The molecule has 8 heteroatoms. The molecule has 1 saturated carbocycles. The van der Waals surface area contributed by atoms with Gasteiger partial charge in [-0.05, 0) is 62.1 Å². The van der Waals surface area contributed by atoms with Crippen LogP contribution in [0.2, 0.25) is 0 Å². The monoisotopic (exact) mass is 481 g/mol. The zero-order valence-electron chi connectivity index (χ0n) is 19.8. The molecule has 0 aromatic heterocycles. The number of amides is 3. The van der Waals surface area contributed by atoms with Gasteiger partial charge >= 0.3 is 0 Å². The van der Waals surface area contributed by atoms with Crippen LogP contribution in [0.5, 0.6) is 5.75 Å². The maximum atomic E-state index is 13.2. The molecule has 7 nitrogen and oxygen atoms in total. The van der Waals surface area contributed by atoms with Crippen LogP contribution in [0.25, 0.3) is 0 Å². The van der Waals surface area contributed by atoms with Crippen LogP contribution in [0.3, 0.4) is 0 Å². The maximum Gasteiger partial charge on any atom is 0.260 e. The number of rotatable bonds is 7. The number of ether oxygens (including phenoxy) is 1. The number of para-hydroxylation sites is 1. The minimum atomic E-state index is -0.393. The minimum absolute atomic E-state index is 0.0571. The molecule has 3 amide bonds. The van der Waals surface area contributed by atoms with Crippen molar-refractivity contribution in [2.75, 3.05) is 19.7 Å². The molecule has 186 valence electrons. The van der Waals surface area contributed by atoms with Crippen molar-refractivity contribution in [3.63, 3.8) is 0 Å². The van der Waals surface area contributed by atoms with E-state index >= 15 is 0 Å². The van der Waals surface area contributed by atoms with Crippen molar-refractivity contribution >= 4 is 17.7 Å². The van der Waals surface area contributed by atoms with Gasteiger partial charge in [-0.1, -0.05) is 31.0 Å². The number of nitrogens with one attached hydrogen (secondary N) is 2. The second-order valence-corrected chi connectivity index (χ2v) is 9.27. The Morgan fingerprint density at radius 1 is 0.886 bits per heavy atom. The lowest BCUT2D eigenvalue weighted by Crippen LogP contribution is -2.55. The Morgan fingerprint density at radius 2 is 1.57 bits per heavy atom. The number of carbonyl (C=O) groups is 3. The molecule has 0 spiro atoms. The van der Waals surface area contributed by atoms with Gasteiger partial charge in [-0.15, -0.1) is 0 Å². The van der Waals surface area contributed by atoms with E-state index in [4.69, 9.17) is 4.74 Å². The highest BCUT2D eigenvalue weighted by molar-refractivity contribution is 5.94. The standard InChI is InChI=1S/C27H32FN3O4/c28-21-14-12-19(13-15-21)26(33)29-23-10-4-5-11-24(23)30-27(34)20-7-6-16-31(17-20)25(32)18-35-22-8-2-1-3-9-22/h1-3,8-9,12-15,20,23-24H,4-7,10-11,16-18H2,(H,29,33)(H,30,34)/t20?,23-,24?/m1/s1. The van der Waals surface area contributed by atoms with Crippen LogP contribution in [0.1, 0.15) is 48.9 Å². The van der Waals surface area contributed by atoms with Crippen LogP contribution < -0.4 is 15.4 Å². The number of hydrogen-bond acceptors (Lipinski definition) is 4. The second-order valence-electron chi connectivity index (χ2n) is 9.27. The number of benzene rings is 2. The first-order chi connectivity index (χ1) is 17.0. The van der Waals surface area contributed by atoms with Crippen LogP contribution in [0.4, 0.5) is 4.39 Å². The first-order valence-corrected chi connectivity index (χ1v) is 12.3. The van der Waals surface area contributed by atoms with Crippen LogP contribution in [0.15, 0.2) is 54.6 Å². The third-order valence-electron chi connectivity index (χ3n) is 6.77. The average molecular weight is 482 g/mol. The van der Waals surface area contributed by atoms with Gasteiger partial charge < -0.3 is 20.3 Å². The van der Waals surface area contributed by atoms with Crippen molar-refractivity contribution in [2.45, 2.75) is 50.6 Å². The average Bonchev–Trinajstić information content (AvgIpc) is 2.89. The summed E-state index contributed by atoms with van der Waals surface area (Å²) in [4.78, 5) is 40.1. The molecule has 3 atom stereocenters. The molecule has 4 rings (SSSR count). The van der Waals surface area contributed by atoms with Crippen LogP contribution in [0, 0.1) is 11.7 Å². The Hall–Kier alpha value is -3.42. The molecular formula is C27H32FN3O4. The van der Waals surface area contributed by atoms with E-state index in [1.165, 1.54) is 24.3 Å². The highest BCUT2D eigenvalue weighted by atomic mass is 19.1. The first kappa shape index (κ1) is 24.7. The molecule has 0 radical (unpaired) electrons. The third kappa shape index (κ3) is 6.81. The van der Waals surface area contributed by atoms with E-state index in [9.17, 15) is 18.8 Å². The predicted octanol–water partition coefficient (Wildman–Crippen LogP) is 3.30. The van der Waals surface area contributed by atoms with E-state index in [-0.39, 0.29) is 42.3 Å². The fraction of sp³-hybridized carbons (Fsp3) is 0.444. The topological polar surface area (TPSA) is 87.7 Å². The fourth-order valence-corrected chi connectivity index (χ4v) is 4.80. The van der Waals surface area contributed by atoms with Gasteiger partial charge in [0.1, 0.15) is 11.6 Å². The van der Waals surface area contributed by atoms with Gasteiger partial charge in [0.2, 0.25) is 5.91 Å². The van der Waals surface area contributed by atoms with Crippen LogP contribution >= 0.6 is 0 Å². The molecule has 1 aliphatic carbocycles. The summed E-state index contributed by atoms with van der Waals surface area (Å²) in [6.07, 6.45) is 4.96. The van der Waals surface area contributed by atoms with Crippen molar-refractivity contribution in [1.29, 1.82) is 0 Å². The lowest BCUT2D eigenvalue weighted by molar-refractivity contribution is -0.137. The molecule has 1 heterocycles. The van der Waals surface area contributed by atoms with E-state index in [0.717, 1.165) is 32.1 Å². The number of piperidine rings is 1. The zero-order valence-corrected chi connectivity index (χ0v) is 19.8. The van der Waals surface area contributed by atoms with Gasteiger partial charge in [0.25, 0.3) is 11.8 Å². The lowest BCUT2D eigenvalue weighted by Gasteiger charge is -2.36. The Bertz CT molecular complexity index is 1010. The fourth-order valence-electron chi connectivity index (χ4n) is 4.80. The van der Waals surface area contributed by atoms with Gasteiger partial charge in [0.05, 0.1) is 5.92 Å². The number of nitrogens with zero attached hydrogens (tertiary/aromatic N) is 1. The molecule has 1 saturated heterocycles. The third-order valence-corrected chi connectivity index (χ3v) is 6.77. The van der Waals surface area contributed by atoms with Gasteiger partial charge in [0, 0.05) is 30.7 Å². The smallest absolute Gasteiger partial charge is 0.260 e. The first-order valence-electron chi connectivity index (χ1n) is 12.3.